The van der Waals surface area contributed by atoms with Gasteiger partial charge in [0, 0.05) is 36.6 Å². The van der Waals surface area contributed by atoms with Gasteiger partial charge in [-0.25, -0.2) is 0 Å². The molecule has 1 heterocycles. The van der Waals surface area contributed by atoms with Gasteiger partial charge >= 0.3 is 0 Å². The lowest BCUT2D eigenvalue weighted by Gasteiger charge is -2.36. The Morgan fingerprint density at radius 1 is 1.18 bits per heavy atom. The van der Waals surface area contributed by atoms with E-state index in [9.17, 15) is 0 Å². The van der Waals surface area contributed by atoms with Crippen LogP contribution in [-0.2, 0) is 6.54 Å². The second-order valence-corrected chi connectivity index (χ2v) is 5.89. The van der Waals surface area contributed by atoms with Crippen molar-refractivity contribution in [2.24, 2.45) is 0 Å². The van der Waals surface area contributed by atoms with Gasteiger partial charge in [0.25, 0.3) is 0 Å². The summed E-state index contributed by atoms with van der Waals surface area (Å²) in [5.74, 6) is 0. The maximum Gasteiger partial charge on any atom is 0.0235 e. The van der Waals surface area contributed by atoms with Crippen LogP contribution in [0.4, 0.5) is 0 Å². The first kappa shape index (κ1) is 12.9. The normalized spacial score (nSPS) is 26.1. The van der Waals surface area contributed by atoms with Crippen molar-refractivity contribution in [2.75, 3.05) is 19.3 Å². The van der Waals surface area contributed by atoms with Crippen molar-refractivity contribution in [3.8, 4) is 0 Å². The molecule has 0 radical (unpaired) electrons. The molecule has 1 saturated heterocycles. The van der Waals surface area contributed by atoms with E-state index in [-0.39, 0.29) is 0 Å². The average Bonchev–Trinajstić information content (AvgIpc) is 2.28. The van der Waals surface area contributed by atoms with Gasteiger partial charge in [-0.15, -0.1) is 11.8 Å². The lowest BCUT2D eigenvalue weighted by molar-refractivity contribution is 0.166. The van der Waals surface area contributed by atoms with E-state index < -0.39 is 0 Å². The van der Waals surface area contributed by atoms with Gasteiger partial charge in [-0.2, -0.15) is 0 Å². The highest BCUT2D eigenvalue weighted by molar-refractivity contribution is 7.98. The molecule has 1 aromatic rings. The molecule has 0 saturated carbocycles. The van der Waals surface area contributed by atoms with Gasteiger partial charge in [0.2, 0.25) is 0 Å². The van der Waals surface area contributed by atoms with Crippen molar-refractivity contribution >= 4 is 11.8 Å². The summed E-state index contributed by atoms with van der Waals surface area (Å²) in [6, 6.07) is 10.1. The predicted molar refractivity (Wildman–Crippen MR) is 75.6 cm³/mol. The highest BCUT2D eigenvalue weighted by Crippen LogP contribution is 2.16. The Kier molecular flexibility index (Phi) is 4.48. The average molecular weight is 250 g/mol. The van der Waals surface area contributed by atoms with Crippen LogP contribution in [0.1, 0.15) is 19.4 Å². The number of hydrogen-bond acceptors (Lipinski definition) is 3. The van der Waals surface area contributed by atoms with Crippen LogP contribution in [0.15, 0.2) is 29.2 Å². The fraction of sp³-hybridized carbons (Fsp3) is 0.571. The molecule has 2 rings (SSSR count). The Hall–Kier alpha value is -0.510. The quantitative estimate of drug-likeness (QED) is 0.830. The summed E-state index contributed by atoms with van der Waals surface area (Å²) >= 11 is 1.80. The molecule has 0 amide bonds. The molecule has 0 bridgehead atoms. The Morgan fingerprint density at radius 3 is 2.29 bits per heavy atom. The van der Waals surface area contributed by atoms with E-state index >= 15 is 0 Å². The second-order valence-electron chi connectivity index (χ2n) is 5.01. The van der Waals surface area contributed by atoms with Crippen molar-refractivity contribution in [1.82, 2.24) is 10.2 Å². The van der Waals surface area contributed by atoms with Gasteiger partial charge in [0.15, 0.2) is 0 Å². The van der Waals surface area contributed by atoms with E-state index in [1.54, 1.807) is 11.8 Å². The van der Waals surface area contributed by atoms with E-state index in [0.717, 1.165) is 19.6 Å². The van der Waals surface area contributed by atoms with E-state index in [0.29, 0.717) is 12.1 Å². The molecule has 1 aromatic carbocycles. The second kappa shape index (κ2) is 5.89. The molecule has 94 valence electrons. The van der Waals surface area contributed by atoms with Crippen LogP contribution in [-0.4, -0.2) is 36.3 Å². The number of benzene rings is 1. The summed E-state index contributed by atoms with van der Waals surface area (Å²) in [6.07, 6.45) is 2.12. The highest BCUT2D eigenvalue weighted by atomic mass is 32.2. The Labute approximate surface area is 109 Å². The van der Waals surface area contributed by atoms with Gasteiger partial charge < -0.3 is 5.32 Å². The standard InChI is InChI=1S/C14H22N2S/c1-11-8-16(9-12(2)15-11)10-13-4-6-14(17-3)7-5-13/h4-7,11-12,15H,8-10H2,1-3H3. The Balaban J connectivity index is 1.95. The van der Waals surface area contributed by atoms with Crippen LogP contribution in [0.3, 0.4) is 0 Å². The summed E-state index contributed by atoms with van der Waals surface area (Å²) in [6.45, 7) is 7.90. The molecule has 17 heavy (non-hydrogen) atoms. The first-order valence-corrected chi connectivity index (χ1v) is 7.51. The minimum absolute atomic E-state index is 0.601. The number of hydrogen-bond donors (Lipinski definition) is 1. The molecule has 0 aromatic heterocycles. The zero-order valence-electron chi connectivity index (χ0n) is 10.9. The van der Waals surface area contributed by atoms with Gasteiger partial charge in [0.05, 0.1) is 0 Å². The Bertz CT molecular complexity index is 340. The summed E-state index contributed by atoms with van der Waals surface area (Å²) < 4.78 is 0. The van der Waals surface area contributed by atoms with Gasteiger partial charge in [-0.1, -0.05) is 12.1 Å². The Morgan fingerprint density at radius 2 is 1.76 bits per heavy atom. The fourth-order valence-corrected chi connectivity index (χ4v) is 2.97. The molecule has 1 fully saturated rings. The molecule has 1 N–H and O–H groups in total. The first-order chi connectivity index (χ1) is 8.17. The van der Waals surface area contributed by atoms with Crippen molar-refractivity contribution in [3.05, 3.63) is 29.8 Å². The van der Waals surface area contributed by atoms with E-state index in [1.165, 1.54) is 10.5 Å². The maximum absolute atomic E-state index is 3.57. The SMILES string of the molecule is CSc1ccc(CN2CC(C)NC(C)C2)cc1. The summed E-state index contributed by atoms with van der Waals surface area (Å²) in [4.78, 5) is 3.88. The van der Waals surface area contributed by atoms with Crippen molar-refractivity contribution in [1.29, 1.82) is 0 Å². The third kappa shape index (κ3) is 3.73. The topological polar surface area (TPSA) is 15.3 Å². The zero-order valence-corrected chi connectivity index (χ0v) is 11.8. The van der Waals surface area contributed by atoms with Gasteiger partial charge in [0.1, 0.15) is 0 Å². The van der Waals surface area contributed by atoms with Crippen LogP contribution in [0.5, 0.6) is 0 Å². The van der Waals surface area contributed by atoms with Crippen LogP contribution in [0.25, 0.3) is 0 Å². The lowest BCUT2D eigenvalue weighted by Crippen LogP contribution is -2.53. The molecule has 2 unspecified atom stereocenters. The molecule has 0 spiro atoms. The zero-order chi connectivity index (χ0) is 12.3. The van der Waals surface area contributed by atoms with Crippen LogP contribution in [0, 0.1) is 0 Å². The predicted octanol–water partition coefficient (Wildman–Crippen LogP) is 2.59. The number of rotatable bonds is 3. The van der Waals surface area contributed by atoms with E-state index in [1.807, 2.05) is 0 Å². The summed E-state index contributed by atoms with van der Waals surface area (Å²) in [5, 5.41) is 3.57. The molecule has 3 heteroatoms. The minimum Gasteiger partial charge on any atom is -0.309 e. The van der Waals surface area contributed by atoms with Crippen molar-refractivity contribution in [3.63, 3.8) is 0 Å². The van der Waals surface area contributed by atoms with E-state index in [2.05, 4.69) is 54.6 Å². The number of thioether (sulfide) groups is 1. The highest BCUT2D eigenvalue weighted by Gasteiger charge is 2.20. The van der Waals surface area contributed by atoms with E-state index in [4.69, 9.17) is 0 Å². The largest absolute Gasteiger partial charge is 0.309 e. The number of piperazine rings is 1. The molecule has 2 atom stereocenters. The van der Waals surface area contributed by atoms with Crippen molar-refractivity contribution < 1.29 is 0 Å². The summed E-state index contributed by atoms with van der Waals surface area (Å²) in [7, 11) is 0. The molecule has 1 aliphatic heterocycles. The number of nitrogens with one attached hydrogen (secondary N) is 1. The smallest absolute Gasteiger partial charge is 0.0235 e. The molecule has 1 aliphatic rings. The third-order valence-corrected chi connectivity index (χ3v) is 3.94. The molecule has 2 nitrogen and oxygen atoms in total. The van der Waals surface area contributed by atoms with Crippen molar-refractivity contribution in [2.45, 2.75) is 37.4 Å². The maximum atomic E-state index is 3.57. The third-order valence-electron chi connectivity index (χ3n) is 3.20. The van der Waals surface area contributed by atoms with Crippen LogP contribution >= 0.6 is 11.8 Å². The fourth-order valence-electron chi connectivity index (χ4n) is 2.56. The summed E-state index contributed by atoms with van der Waals surface area (Å²) in [5.41, 5.74) is 1.42. The number of nitrogens with zero attached hydrogens (tertiary/aromatic N) is 1. The van der Waals surface area contributed by atoms with Crippen LogP contribution in [0.2, 0.25) is 0 Å². The molecular formula is C14H22N2S. The monoisotopic (exact) mass is 250 g/mol. The lowest BCUT2D eigenvalue weighted by atomic mass is 10.1. The molecule has 0 aliphatic carbocycles. The molecular weight excluding hydrogens is 228 g/mol. The first-order valence-electron chi connectivity index (χ1n) is 6.28. The van der Waals surface area contributed by atoms with Gasteiger partial charge in [-0.05, 0) is 37.8 Å². The van der Waals surface area contributed by atoms with Gasteiger partial charge in [-0.3, -0.25) is 4.90 Å². The van der Waals surface area contributed by atoms with Crippen LogP contribution < -0.4 is 5.32 Å². The minimum atomic E-state index is 0.601.